The van der Waals surface area contributed by atoms with E-state index in [0.717, 1.165) is 0 Å². The minimum atomic E-state index is -3.47. The van der Waals surface area contributed by atoms with E-state index < -0.39 is 25.6 Å². The third-order valence-electron chi connectivity index (χ3n) is 3.88. The van der Waals surface area contributed by atoms with Crippen LogP contribution in [-0.2, 0) is 19.7 Å². The van der Waals surface area contributed by atoms with E-state index >= 15 is 0 Å². The lowest BCUT2D eigenvalue weighted by atomic mass is 10.1. The normalized spacial score (nSPS) is 12.0. The fourth-order valence-corrected chi connectivity index (χ4v) is 5.59. The van der Waals surface area contributed by atoms with Gasteiger partial charge in [-0.25, -0.2) is 16.8 Å². The van der Waals surface area contributed by atoms with E-state index in [2.05, 4.69) is 0 Å². The van der Waals surface area contributed by atoms with E-state index in [1.54, 1.807) is 0 Å². The van der Waals surface area contributed by atoms with Gasteiger partial charge in [-0.15, -0.1) is 23.2 Å². The first-order valence-corrected chi connectivity index (χ1v) is 13.0. The maximum atomic E-state index is 12.8. The second-order valence-electron chi connectivity index (χ2n) is 5.93. The Morgan fingerprint density at radius 3 is 1.89 bits per heavy atom. The monoisotopic (exact) mass is 474 g/mol. The van der Waals surface area contributed by atoms with Gasteiger partial charge in [0.2, 0.25) is 0 Å². The summed E-state index contributed by atoms with van der Waals surface area (Å²) in [5.41, 5.74) is 6.25. The van der Waals surface area contributed by atoms with Crippen molar-refractivity contribution in [2.45, 2.75) is 0 Å². The number of carbonyl (C=O) groups excluding carboxylic acids is 1. The van der Waals surface area contributed by atoms with Crippen molar-refractivity contribution in [3.8, 4) is 5.75 Å². The quantitative estimate of drug-likeness (QED) is 0.354. The van der Waals surface area contributed by atoms with Crippen LogP contribution in [0, 0.1) is 0 Å². The van der Waals surface area contributed by atoms with Crippen LogP contribution in [0.5, 0.6) is 5.75 Å². The molecule has 0 aliphatic rings. The number of nitrogen functional groups attached to an aromatic ring is 1. The van der Waals surface area contributed by atoms with Crippen molar-refractivity contribution in [1.29, 1.82) is 0 Å². The number of rotatable bonds is 12. The lowest BCUT2D eigenvalue weighted by Crippen LogP contribution is -2.39. The molecule has 28 heavy (non-hydrogen) atoms. The van der Waals surface area contributed by atoms with Crippen molar-refractivity contribution >= 4 is 54.5 Å². The summed E-state index contributed by atoms with van der Waals surface area (Å²) in [4.78, 5) is 14.0. The van der Waals surface area contributed by atoms with E-state index in [1.807, 2.05) is 0 Å². The number of benzene rings is 1. The molecule has 0 spiro atoms. The van der Waals surface area contributed by atoms with Crippen LogP contribution in [0.2, 0.25) is 0 Å². The third kappa shape index (κ3) is 8.02. The van der Waals surface area contributed by atoms with Crippen LogP contribution in [-0.4, -0.2) is 82.6 Å². The van der Waals surface area contributed by atoms with E-state index in [9.17, 15) is 21.6 Å². The fourth-order valence-electron chi connectivity index (χ4n) is 2.30. The predicted octanol–water partition coefficient (Wildman–Crippen LogP) is 1.03. The number of hydrogen-bond donors (Lipinski definition) is 1. The molecule has 0 aliphatic heterocycles. The molecule has 1 amide bonds. The smallest absolute Gasteiger partial charge is 0.253 e. The van der Waals surface area contributed by atoms with Gasteiger partial charge in [0.25, 0.3) is 5.91 Å². The number of sulfone groups is 2. The van der Waals surface area contributed by atoms with Crippen LogP contribution in [0.25, 0.3) is 0 Å². The highest BCUT2D eigenvalue weighted by atomic mass is 35.5. The average Bonchev–Trinajstić information content (AvgIpc) is 2.61. The van der Waals surface area contributed by atoms with Crippen molar-refractivity contribution in [3.63, 3.8) is 0 Å². The van der Waals surface area contributed by atoms with Crippen LogP contribution in [0.3, 0.4) is 0 Å². The second kappa shape index (κ2) is 11.1. The van der Waals surface area contributed by atoms with Crippen LogP contribution in [0.4, 0.5) is 5.69 Å². The highest BCUT2D eigenvalue weighted by Gasteiger charge is 2.22. The molecule has 0 saturated heterocycles. The Morgan fingerprint density at radius 2 is 1.50 bits per heavy atom. The van der Waals surface area contributed by atoms with Gasteiger partial charge in [-0.1, -0.05) is 0 Å². The van der Waals surface area contributed by atoms with Crippen molar-refractivity contribution in [3.05, 3.63) is 23.8 Å². The zero-order chi connectivity index (χ0) is 21.4. The highest BCUT2D eigenvalue weighted by molar-refractivity contribution is 7.91. The van der Waals surface area contributed by atoms with Gasteiger partial charge in [0, 0.05) is 30.4 Å². The topological polar surface area (TPSA) is 124 Å². The molecule has 0 saturated carbocycles. The largest absolute Gasteiger partial charge is 0.495 e. The molecule has 0 bridgehead atoms. The van der Waals surface area contributed by atoms with Gasteiger partial charge in [0.15, 0.2) is 19.7 Å². The van der Waals surface area contributed by atoms with Crippen molar-refractivity contribution in [2.24, 2.45) is 0 Å². The summed E-state index contributed by atoms with van der Waals surface area (Å²) in [5.74, 6) is -1.37. The first-order chi connectivity index (χ1) is 13.0. The van der Waals surface area contributed by atoms with Crippen LogP contribution >= 0.6 is 23.2 Å². The Balaban J connectivity index is 3.04. The molecule has 2 N–H and O–H groups in total. The Morgan fingerprint density at radius 1 is 1.00 bits per heavy atom. The van der Waals surface area contributed by atoms with E-state index in [0.29, 0.717) is 5.75 Å². The Kier molecular flexibility index (Phi) is 9.82. The lowest BCUT2D eigenvalue weighted by Gasteiger charge is -2.23. The average molecular weight is 475 g/mol. The molecule has 0 aliphatic carbocycles. The molecule has 8 nitrogen and oxygen atoms in total. The Labute approximate surface area is 175 Å². The molecule has 0 atom stereocenters. The number of methoxy groups -OCH3 is 1. The van der Waals surface area contributed by atoms with E-state index in [-0.39, 0.29) is 59.1 Å². The van der Waals surface area contributed by atoms with Crippen molar-refractivity contribution in [2.75, 3.05) is 60.7 Å². The minimum Gasteiger partial charge on any atom is -0.495 e. The molecule has 0 radical (unpaired) electrons. The molecule has 0 heterocycles. The van der Waals surface area contributed by atoms with Gasteiger partial charge in [0.05, 0.1) is 35.8 Å². The number of alkyl halides is 2. The predicted molar refractivity (Wildman–Crippen MR) is 112 cm³/mol. The summed E-state index contributed by atoms with van der Waals surface area (Å²) < 4.78 is 52.8. The Hall–Kier alpha value is -1.23. The van der Waals surface area contributed by atoms with Gasteiger partial charge >= 0.3 is 0 Å². The molecule has 160 valence electrons. The minimum absolute atomic E-state index is 0.0601. The fraction of sp³-hybridized carbons (Fsp3) is 0.562. The maximum absolute atomic E-state index is 12.8. The van der Waals surface area contributed by atoms with Gasteiger partial charge in [-0.3, -0.25) is 4.79 Å². The Bertz CT molecular complexity index is 835. The summed E-state index contributed by atoms with van der Waals surface area (Å²) in [6.45, 7) is -0.333. The lowest BCUT2D eigenvalue weighted by molar-refractivity contribution is 0.0775. The summed E-state index contributed by atoms with van der Waals surface area (Å²) in [7, 11) is -5.50. The van der Waals surface area contributed by atoms with Crippen LogP contribution in [0.1, 0.15) is 10.4 Å². The van der Waals surface area contributed by atoms with Gasteiger partial charge in [-0.2, -0.15) is 0 Å². The first kappa shape index (κ1) is 24.8. The highest BCUT2D eigenvalue weighted by Crippen LogP contribution is 2.22. The molecule has 1 rings (SSSR count). The molecule has 0 unspecified atom stereocenters. The maximum Gasteiger partial charge on any atom is 0.253 e. The van der Waals surface area contributed by atoms with Crippen LogP contribution < -0.4 is 10.5 Å². The van der Waals surface area contributed by atoms with Crippen molar-refractivity contribution < 1.29 is 26.4 Å². The number of ether oxygens (including phenoxy) is 1. The zero-order valence-electron chi connectivity index (χ0n) is 15.4. The molecule has 12 heteroatoms. The number of halogens is 2. The summed E-state index contributed by atoms with van der Waals surface area (Å²) in [6, 6.07) is 4.38. The SMILES string of the molecule is COc1ccc(C(=O)N(CCS(=O)(=O)CCCl)CCS(=O)(=O)CCCl)cc1N. The number of nitrogens with two attached hydrogens (primary N) is 1. The number of anilines is 1. The first-order valence-electron chi connectivity index (χ1n) is 8.31. The molecule has 1 aromatic carbocycles. The van der Waals surface area contributed by atoms with Gasteiger partial charge in [-0.05, 0) is 18.2 Å². The van der Waals surface area contributed by atoms with E-state index in [4.69, 9.17) is 33.7 Å². The van der Waals surface area contributed by atoms with Gasteiger partial charge < -0.3 is 15.4 Å². The third-order valence-corrected chi connectivity index (χ3v) is 7.97. The number of carbonyl (C=O) groups is 1. The molecular weight excluding hydrogens is 451 g/mol. The second-order valence-corrected chi connectivity index (χ2v) is 11.3. The summed E-state index contributed by atoms with van der Waals surface area (Å²) >= 11 is 11.0. The summed E-state index contributed by atoms with van der Waals surface area (Å²) in [6.07, 6.45) is 0. The zero-order valence-corrected chi connectivity index (χ0v) is 18.6. The molecule has 0 fully saturated rings. The number of hydrogen-bond acceptors (Lipinski definition) is 7. The van der Waals surface area contributed by atoms with E-state index in [1.165, 1.54) is 30.2 Å². The molecular formula is C16H24Cl2N2O6S2. The standard InChI is InChI=1S/C16H24Cl2N2O6S2/c1-26-15-3-2-13(12-14(15)19)16(21)20(6-10-27(22,23)8-4-17)7-11-28(24,25)9-5-18/h2-3,12H,4-11,19H2,1H3. The number of nitrogens with zero attached hydrogens (tertiary/aromatic N) is 1. The number of amides is 1. The molecule has 1 aromatic rings. The van der Waals surface area contributed by atoms with Gasteiger partial charge in [0.1, 0.15) is 5.75 Å². The van der Waals surface area contributed by atoms with Crippen LogP contribution in [0.15, 0.2) is 18.2 Å². The van der Waals surface area contributed by atoms with Crippen molar-refractivity contribution in [1.82, 2.24) is 4.90 Å². The summed E-state index contributed by atoms with van der Waals surface area (Å²) in [5, 5.41) is 0. The molecule has 0 aromatic heterocycles.